The van der Waals surface area contributed by atoms with Crippen molar-refractivity contribution in [2.24, 2.45) is 0 Å². The van der Waals surface area contributed by atoms with Crippen LogP contribution in [0.5, 0.6) is 5.75 Å². The van der Waals surface area contributed by atoms with E-state index in [1.54, 1.807) is 24.3 Å². The van der Waals surface area contributed by atoms with E-state index in [2.05, 4.69) is 4.74 Å². The lowest BCUT2D eigenvalue weighted by atomic mass is 10.2. The Hall–Kier alpha value is -2.81. The second-order valence-corrected chi connectivity index (χ2v) is 5.59. The zero-order valence-corrected chi connectivity index (χ0v) is 13.4. The highest BCUT2D eigenvalue weighted by molar-refractivity contribution is 8.18. The van der Waals surface area contributed by atoms with Crippen LogP contribution in [0.2, 0.25) is 0 Å². The fourth-order valence-electron chi connectivity index (χ4n) is 1.79. The summed E-state index contributed by atoms with van der Waals surface area (Å²) >= 11 is 0.729. The minimum Gasteiger partial charge on any atom is -0.482 e. The molecule has 0 spiro atoms. The topological polar surface area (TPSA) is 110 Å². The summed E-state index contributed by atoms with van der Waals surface area (Å²) < 4.78 is 9.44. The Morgan fingerprint density at radius 3 is 2.50 bits per heavy atom. The van der Waals surface area contributed by atoms with Crippen molar-refractivity contribution in [3.8, 4) is 5.75 Å². The van der Waals surface area contributed by atoms with Crippen molar-refractivity contribution in [2.75, 3.05) is 20.3 Å². The summed E-state index contributed by atoms with van der Waals surface area (Å²) in [4.78, 5) is 46.6. The fourth-order valence-corrected chi connectivity index (χ4v) is 2.62. The smallest absolute Gasteiger partial charge is 0.341 e. The molecule has 9 heteroatoms. The van der Waals surface area contributed by atoms with E-state index in [0.717, 1.165) is 16.7 Å². The molecule has 1 saturated heterocycles. The number of thioether (sulfide) groups is 1. The summed E-state index contributed by atoms with van der Waals surface area (Å²) in [6, 6.07) is 6.33. The van der Waals surface area contributed by atoms with Crippen LogP contribution in [-0.2, 0) is 19.1 Å². The van der Waals surface area contributed by atoms with Crippen molar-refractivity contribution in [3.05, 3.63) is 34.7 Å². The second-order valence-electron chi connectivity index (χ2n) is 4.60. The number of benzene rings is 1. The summed E-state index contributed by atoms with van der Waals surface area (Å²) in [5.74, 6) is -1.97. The van der Waals surface area contributed by atoms with Crippen molar-refractivity contribution in [2.45, 2.75) is 0 Å². The first-order chi connectivity index (χ1) is 11.4. The Kier molecular flexibility index (Phi) is 5.59. The molecule has 126 valence electrons. The number of carbonyl (C=O) groups is 4. The van der Waals surface area contributed by atoms with Gasteiger partial charge in [-0.3, -0.25) is 19.3 Å². The van der Waals surface area contributed by atoms with Crippen molar-refractivity contribution in [1.29, 1.82) is 0 Å². The molecular weight excluding hydrogens is 338 g/mol. The molecule has 0 saturated carbocycles. The van der Waals surface area contributed by atoms with E-state index < -0.39 is 36.2 Å². The Morgan fingerprint density at radius 2 is 1.92 bits per heavy atom. The summed E-state index contributed by atoms with van der Waals surface area (Å²) in [7, 11) is 1.17. The number of imide groups is 1. The van der Waals surface area contributed by atoms with Crippen LogP contribution in [0.3, 0.4) is 0 Å². The lowest BCUT2D eigenvalue weighted by Crippen LogP contribution is -2.34. The van der Waals surface area contributed by atoms with Gasteiger partial charge >= 0.3 is 11.9 Å². The molecule has 0 bridgehead atoms. The number of ether oxygens (including phenoxy) is 2. The molecule has 2 rings (SSSR count). The lowest BCUT2D eigenvalue weighted by molar-refractivity contribution is -0.143. The van der Waals surface area contributed by atoms with Gasteiger partial charge in [-0.05, 0) is 35.5 Å². The number of carboxylic acid groups (broad SMARTS) is 1. The monoisotopic (exact) mass is 351 g/mol. The summed E-state index contributed by atoms with van der Waals surface area (Å²) in [6.45, 7) is -0.883. The van der Waals surface area contributed by atoms with Crippen LogP contribution in [0.15, 0.2) is 29.2 Å². The maximum absolute atomic E-state index is 12.1. The van der Waals surface area contributed by atoms with E-state index in [4.69, 9.17) is 9.84 Å². The number of methoxy groups -OCH3 is 1. The molecule has 1 aliphatic rings. The van der Waals surface area contributed by atoms with Crippen LogP contribution in [-0.4, -0.2) is 53.4 Å². The summed E-state index contributed by atoms with van der Waals surface area (Å²) in [6.07, 6.45) is 1.50. The second kappa shape index (κ2) is 7.64. The number of nitrogens with zero attached hydrogens (tertiary/aromatic N) is 1. The molecule has 2 amide bonds. The van der Waals surface area contributed by atoms with Crippen molar-refractivity contribution in [3.63, 3.8) is 0 Å². The largest absolute Gasteiger partial charge is 0.482 e. The van der Waals surface area contributed by atoms with Gasteiger partial charge in [0.05, 0.1) is 12.0 Å². The van der Waals surface area contributed by atoms with E-state index in [1.165, 1.54) is 13.2 Å². The van der Waals surface area contributed by atoms with Gasteiger partial charge in [-0.1, -0.05) is 12.1 Å². The number of carbonyl (C=O) groups excluding carboxylic acids is 3. The molecule has 0 atom stereocenters. The first-order valence-electron chi connectivity index (χ1n) is 6.67. The Labute approximate surface area is 141 Å². The third kappa shape index (κ3) is 4.35. The molecule has 1 aliphatic heterocycles. The minimum absolute atomic E-state index is 0.183. The highest BCUT2D eigenvalue weighted by Crippen LogP contribution is 2.32. The third-order valence-corrected chi connectivity index (χ3v) is 3.84. The van der Waals surface area contributed by atoms with Gasteiger partial charge in [0, 0.05) is 0 Å². The van der Waals surface area contributed by atoms with Gasteiger partial charge < -0.3 is 14.6 Å². The molecule has 8 nitrogen and oxygen atoms in total. The first-order valence-corrected chi connectivity index (χ1v) is 7.49. The summed E-state index contributed by atoms with van der Waals surface area (Å²) in [5.41, 5.74) is 0.626. The van der Waals surface area contributed by atoms with Gasteiger partial charge in [-0.15, -0.1) is 0 Å². The van der Waals surface area contributed by atoms with E-state index in [-0.39, 0.29) is 4.91 Å². The average Bonchev–Trinajstić information content (AvgIpc) is 2.81. The van der Waals surface area contributed by atoms with Gasteiger partial charge in [0.1, 0.15) is 12.3 Å². The molecule has 1 aromatic carbocycles. The molecule has 0 aromatic heterocycles. The van der Waals surface area contributed by atoms with E-state index in [9.17, 15) is 19.2 Å². The van der Waals surface area contributed by atoms with Crippen LogP contribution >= 0.6 is 11.8 Å². The van der Waals surface area contributed by atoms with Gasteiger partial charge in [-0.25, -0.2) is 4.79 Å². The SMILES string of the molecule is COC(=O)CN1C(=O)SC(=Cc2ccc(OCC(=O)O)cc2)C1=O. The maximum atomic E-state index is 12.1. The first kappa shape index (κ1) is 17.5. The lowest BCUT2D eigenvalue weighted by Gasteiger charge is -2.09. The standard InChI is InChI=1S/C15H13NO7S/c1-22-13(19)7-16-14(20)11(24-15(16)21)6-9-2-4-10(5-3-9)23-8-12(17)18/h2-6H,7-8H2,1H3,(H,17,18). The number of esters is 1. The molecule has 1 N–H and O–H groups in total. The number of rotatable bonds is 6. The molecule has 0 radical (unpaired) electrons. The number of aliphatic carboxylic acids is 1. The average molecular weight is 351 g/mol. The van der Waals surface area contributed by atoms with Crippen LogP contribution in [0, 0.1) is 0 Å². The van der Waals surface area contributed by atoms with E-state index in [0.29, 0.717) is 11.3 Å². The zero-order valence-electron chi connectivity index (χ0n) is 12.6. The Balaban J connectivity index is 2.08. The van der Waals surface area contributed by atoms with Gasteiger partial charge in [0.25, 0.3) is 11.1 Å². The number of hydrogen-bond acceptors (Lipinski definition) is 7. The molecule has 1 heterocycles. The number of carboxylic acids is 1. The summed E-state index contributed by atoms with van der Waals surface area (Å²) in [5, 5.41) is 7.99. The van der Waals surface area contributed by atoms with E-state index >= 15 is 0 Å². The Morgan fingerprint density at radius 1 is 1.25 bits per heavy atom. The third-order valence-electron chi connectivity index (χ3n) is 2.93. The Bertz CT molecular complexity index is 711. The zero-order chi connectivity index (χ0) is 17.7. The van der Waals surface area contributed by atoms with Gasteiger partial charge in [-0.2, -0.15) is 0 Å². The highest BCUT2D eigenvalue weighted by atomic mass is 32.2. The normalized spacial score (nSPS) is 15.7. The number of hydrogen-bond donors (Lipinski definition) is 1. The molecule has 24 heavy (non-hydrogen) atoms. The van der Waals surface area contributed by atoms with Crippen molar-refractivity contribution < 1.29 is 33.8 Å². The molecule has 0 unspecified atom stereocenters. The van der Waals surface area contributed by atoms with E-state index in [1.807, 2.05) is 0 Å². The molecular formula is C15H13NO7S. The van der Waals surface area contributed by atoms with Crippen LogP contribution < -0.4 is 4.74 Å². The van der Waals surface area contributed by atoms with Crippen molar-refractivity contribution in [1.82, 2.24) is 4.90 Å². The molecule has 1 fully saturated rings. The van der Waals surface area contributed by atoms with Crippen molar-refractivity contribution >= 4 is 40.9 Å². The molecule has 1 aromatic rings. The maximum Gasteiger partial charge on any atom is 0.341 e. The minimum atomic E-state index is -1.08. The van der Waals surface area contributed by atoms with Gasteiger partial charge in [0.15, 0.2) is 6.61 Å². The molecule has 0 aliphatic carbocycles. The van der Waals surface area contributed by atoms with Crippen LogP contribution in [0.1, 0.15) is 5.56 Å². The van der Waals surface area contributed by atoms with Crippen LogP contribution in [0.25, 0.3) is 6.08 Å². The highest BCUT2D eigenvalue weighted by Gasteiger charge is 2.36. The van der Waals surface area contributed by atoms with Gasteiger partial charge in [0.2, 0.25) is 0 Å². The number of amides is 2. The van der Waals surface area contributed by atoms with Crippen LogP contribution in [0.4, 0.5) is 4.79 Å². The predicted molar refractivity (Wildman–Crippen MR) is 84.3 cm³/mol. The fraction of sp³-hybridized carbons (Fsp3) is 0.200. The predicted octanol–water partition coefficient (Wildman–Crippen LogP) is 1.36. The quantitative estimate of drug-likeness (QED) is 0.604.